The standard InChI is InChI=1S/C24H24ClFN4O3/c1-33-21-9-7-18(26)11-19(21)14-2-4-15(5-3-14)23-28-27-22-13-29(24(31)32)12-16-10-17(25)6-8-20(16)30(22)23/h6-11,14-15H,2-5,12-13H2,1H3,(H,31,32). The summed E-state index contributed by atoms with van der Waals surface area (Å²) in [5.41, 5.74) is 2.60. The number of carboxylic acid groups (broad SMARTS) is 1. The molecule has 1 N–H and O–H groups in total. The molecule has 1 fully saturated rings. The molecule has 3 aromatic rings. The second-order valence-electron chi connectivity index (χ2n) is 8.66. The molecule has 0 atom stereocenters. The van der Waals surface area contributed by atoms with E-state index in [1.165, 1.54) is 11.0 Å². The van der Waals surface area contributed by atoms with Gasteiger partial charge in [-0.15, -0.1) is 10.2 Å². The van der Waals surface area contributed by atoms with Crippen molar-refractivity contribution in [3.05, 3.63) is 70.0 Å². The number of ether oxygens (including phenoxy) is 1. The normalized spacial score (nSPS) is 20.0. The lowest BCUT2D eigenvalue weighted by molar-refractivity contribution is 0.139. The third-order valence-electron chi connectivity index (χ3n) is 6.73. The number of benzene rings is 2. The maximum absolute atomic E-state index is 13.9. The molecule has 1 aliphatic carbocycles. The maximum atomic E-state index is 13.9. The Hall–Kier alpha value is -3.13. The minimum atomic E-state index is -1.01. The molecule has 0 radical (unpaired) electrons. The summed E-state index contributed by atoms with van der Waals surface area (Å²) >= 11 is 6.21. The number of halogens is 2. The van der Waals surface area contributed by atoms with E-state index in [4.69, 9.17) is 16.3 Å². The topological polar surface area (TPSA) is 80.5 Å². The Balaban J connectivity index is 1.45. The highest BCUT2D eigenvalue weighted by Gasteiger charge is 2.32. The SMILES string of the molecule is COc1ccc(F)cc1C1CCC(c2nnc3n2-c2ccc(Cl)cc2CN(C(=O)O)C3)CC1. The Labute approximate surface area is 195 Å². The predicted molar refractivity (Wildman–Crippen MR) is 121 cm³/mol. The van der Waals surface area contributed by atoms with Crippen molar-refractivity contribution in [3.8, 4) is 11.4 Å². The second-order valence-corrected chi connectivity index (χ2v) is 9.09. The van der Waals surface area contributed by atoms with E-state index in [-0.39, 0.29) is 30.7 Å². The fraction of sp³-hybridized carbons (Fsp3) is 0.375. The molecule has 33 heavy (non-hydrogen) atoms. The molecule has 2 aliphatic rings. The van der Waals surface area contributed by atoms with Crippen molar-refractivity contribution in [2.45, 2.75) is 50.6 Å². The molecule has 0 spiro atoms. The quantitative estimate of drug-likeness (QED) is 0.546. The number of rotatable bonds is 3. The summed E-state index contributed by atoms with van der Waals surface area (Å²) in [4.78, 5) is 13.1. The van der Waals surface area contributed by atoms with Gasteiger partial charge in [0.15, 0.2) is 5.82 Å². The largest absolute Gasteiger partial charge is 0.496 e. The molecule has 1 aromatic heterocycles. The van der Waals surface area contributed by atoms with Crippen LogP contribution >= 0.6 is 11.6 Å². The van der Waals surface area contributed by atoms with Gasteiger partial charge in [0, 0.05) is 16.5 Å². The van der Waals surface area contributed by atoms with Gasteiger partial charge in [-0.05, 0) is 73.6 Å². The van der Waals surface area contributed by atoms with Crippen molar-refractivity contribution in [3.63, 3.8) is 0 Å². The summed E-state index contributed by atoms with van der Waals surface area (Å²) in [6.07, 6.45) is 2.48. The highest BCUT2D eigenvalue weighted by Crippen LogP contribution is 2.43. The van der Waals surface area contributed by atoms with Crippen molar-refractivity contribution >= 4 is 17.7 Å². The van der Waals surface area contributed by atoms with Crippen molar-refractivity contribution in [1.29, 1.82) is 0 Å². The van der Waals surface area contributed by atoms with E-state index in [1.807, 2.05) is 10.6 Å². The summed E-state index contributed by atoms with van der Waals surface area (Å²) in [6, 6.07) is 10.2. The number of methoxy groups -OCH3 is 1. The van der Waals surface area contributed by atoms with Crippen LogP contribution < -0.4 is 4.74 Å². The first kappa shape index (κ1) is 21.7. The van der Waals surface area contributed by atoms with Crippen molar-refractivity contribution in [2.24, 2.45) is 0 Å². The van der Waals surface area contributed by atoms with Crippen LogP contribution in [0.4, 0.5) is 9.18 Å². The number of aromatic nitrogens is 3. The van der Waals surface area contributed by atoms with E-state index in [1.54, 1.807) is 31.4 Å². The number of amides is 1. The van der Waals surface area contributed by atoms with Gasteiger partial charge < -0.3 is 9.84 Å². The molecule has 0 unspecified atom stereocenters. The van der Waals surface area contributed by atoms with Crippen LogP contribution in [0.25, 0.3) is 5.69 Å². The fourth-order valence-electron chi connectivity index (χ4n) is 5.11. The molecule has 5 rings (SSSR count). The summed E-state index contributed by atoms with van der Waals surface area (Å²) < 4.78 is 21.4. The van der Waals surface area contributed by atoms with Gasteiger partial charge in [0.1, 0.15) is 17.4 Å². The summed E-state index contributed by atoms with van der Waals surface area (Å²) in [5.74, 6) is 2.28. The molecule has 7 nitrogen and oxygen atoms in total. The van der Waals surface area contributed by atoms with Crippen LogP contribution in [0.3, 0.4) is 0 Å². The number of nitrogens with zero attached hydrogens (tertiary/aromatic N) is 4. The van der Waals surface area contributed by atoms with Crippen molar-refractivity contribution in [2.75, 3.05) is 7.11 Å². The van der Waals surface area contributed by atoms with Crippen LogP contribution in [-0.2, 0) is 13.1 Å². The maximum Gasteiger partial charge on any atom is 0.408 e. The third-order valence-corrected chi connectivity index (χ3v) is 6.96. The fourth-order valence-corrected chi connectivity index (χ4v) is 5.31. The molecule has 2 heterocycles. The van der Waals surface area contributed by atoms with E-state index in [2.05, 4.69) is 10.2 Å². The van der Waals surface area contributed by atoms with Crippen LogP contribution in [0, 0.1) is 5.82 Å². The Morgan fingerprint density at radius 2 is 1.85 bits per heavy atom. The third kappa shape index (κ3) is 4.04. The molecule has 0 bridgehead atoms. The molecule has 1 saturated carbocycles. The van der Waals surface area contributed by atoms with Gasteiger partial charge in [0.25, 0.3) is 0 Å². The molecule has 172 valence electrons. The first-order valence-corrected chi connectivity index (χ1v) is 11.4. The summed E-state index contributed by atoms with van der Waals surface area (Å²) in [7, 11) is 1.61. The lowest BCUT2D eigenvalue weighted by Gasteiger charge is -2.29. The average molecular weight is 471 g/mol. The lowest BCUT2D eigenvalue weighted by Crippen LogP contribution is -2.27. The van der Waals surface area contributed by atoms with Crippen LogP contribution in [0.5, 0.6) is 5.75 Å². The van der Waals surface area contributed by atoms with Crippen LogP contribution in [-0.4, -0.2) is 38.0 Å². The Morgan fingerprint density at radius 3 is 2.58 bits per heavy atom. The minimum Gasteiger partial charge on any atom is -0.496 e. The van der Waals surface area contributed by atoms with Gasteiger partial charge in [-0.25, -0.2) is 9.18 Å². The highest BCUT2D eigenvalue weighted by molar-refractivity contribution is 6.30. The number of hydrogen-bond donors (Lipinski definition) is 1. The minimum absolute atomic E-state index is 0.157. The summed E-state index contributed by atoms with van der Waals surface area (Å²) in [5, 5.41) is 19.1. The Kier molecular flexibility index (Phi) is 5.70. The number of carbonyl (C=O) groups is 1. The van der Waals surface area contributed by atoms with Gasteiger partial charge >= 0.3 is 6.09 Å². The van der Waals surface area contributed by atoms with Crippen molar-refractivity contribution < 1.29 is 19.0 Å². The second kappa shape index (κ2) is 8.67. The zero-order chi connectivity index (χ0) is 23.1. The predicted octanol–water partition coefficient (Wildman–Crippen LogP) is 5.50. The van der Waals surface area contributed by atoms with Gasteiger partial charge in [-0.3, -0.25) is 9.47 Å². The Bertz CT molecular complexity index is 1210. The van der Waals surface area contributed by atoms with E-state index in [9.17, 15) is 14.3 Å². The molecule has 1 amide bonds. The van der Waals surface area contributed by atoms with Gasteiger partial charge in [-0.2, -0.15) is 0 Å². The van der Waals surface area contributed by atoms with Crippen molar-refractivity contribution in [1.82, 2.24) is 19.7 Å². The summed E-state index contributed by atoms with van der Waals surface area (Å²) in [6.45, 7) is 0.393. The van der Waals surface area contributed by atoms with Gasteiger partial charge in [-0.1, -0.05) is 11.6 Å². The van der Waals surface area contributed by atoms with Crippen LogP contribution in [0.1, 0.15) is 60.3 Å². The average Bonchev–Trinajstić information content (AvgIpc) is 3.14. The van der Waals surface area contributed by atoms with Crippen LogP contribution in [0.2, 0.25) is 5.02 Å². The zero-order valence-corrected chi connectivity index (χ0v) is 18.9. The van der Waals surface area contributed by atoms with Gasteiger partial charge in [0.2, 0.25) is 0 Å². The Morgan fingerprint density at radius 1 is 1.09 bits per heavy atom. The smallest absolute Gasteiger partial charge is 0.408 e. The lowest BCUT2D eigenvalue weighted by atomic mass is 9.78. The molecule has 1 aliphatic heterocycles. The van der Waals surface area contributed by atoms with E-state index in [0.717, 1.165) is 54.1 Å². The molecule has 2 aromatic carbocycles. The monoisotopic (exact) mass is 470 g/mol. The van der Waals surface area contributed by atoms with E-state index >= 15 is 0 Å². The van der Waals surface area contributed by atoms with E-state index in [0.29, 0.717) is 10.8 Å². The van der Waals surface area contributed by atoms with Crippen LogP contribution in [0.15, 0.2) is 36.4 Å². The van der Waals surface area contributed by atoms with E-state index < -0.39 is 6.09 Å². The number of hydrogen-bond acceptors (Lipinski definition) is 4. The number of fused-ring (bicyclic) bond motifs is 3. The molecule has 0 saturated heterocycles. The molecule has 9 heteroatoms. The highest BCUT2D eigenvalue weighted by atomic mass is 35.5. The first-order valence-electron chi connectivity index (χ1n) is 11.0. The van der Waals surface area contributed by atoms with Gasteiger partial charge in [0.05, 0.1) is 25.9 Å². The first-order chi connectivity index (χ1) is 15.9. The zero-order valence-electron chi connectivity index (χ0n) is 18.2. The molecular weight excluding hydrogens is 447 g/mol. The molecular formula is C24H24ClFN4O3.